The van der Waals surface area contributed by atoms with Crippen molar-refractivity contribution in [2.24, 2.45) is 0 Å². The van der Waals surface area contributed by atoms with Crippen LogP contribution in [0.25, 0.3) is 56.4 Å². The second kappa shape index (κ2) is 23.6. The number of unbranched alkanes of at least 4 members (excludes halogenated alkanes) is 8. The molecule has 0 amide bonds. The van der Waals surface area contributed by atoms with Crippen LogP contribution in [0.1, 0.15) is 64.2 Å². The smallest absolute Gasteiger partial charge is 0.311 e. The van der Waals surface area contributed by atoms with Crippen molar-refractivity contribution in [1.82, 2.24) is 18.3 Å². The topological polar surface area (TPSA) is 89.4 Å². The molecule has 338 valence electrons. The number of hydrogen-bond donors (Lipinski definition) is 0. The van der Waals surface area contributed by atoms with E-state index in [2.05, 4.69) is 48.5 Å². The summed E-state index contributed by atoms with van der Waals surface area (Å²) in [6, 6.07) is 60.4. The van der Waals surface area contributed by atoms with Gasteiger partial charge in [-0.3, -0.25) is 22.8 Å². The summed E-state index contributed by atoms with van der Waals surface area (Å²) in [6.45, 7) is 2.01. The molecule has 0 aliphatic carbocycles. The Morgan fingerprint density at radius 3 is 0.939 bits per heavy atom. The molecule has 66 heavy (non-hydrogen) atoms. The quantitative estimate of drug-likeness (QED) is 0.0445. The fourth-order valence-corrected chi connectivity index (χ4v) is 9.50. The van der Waals surface area contributed by atoms with Crippen molar-refractivity contribution >= 4 is 8.25 Å². The molecule has 0 aliphatic rings. The second-order valence-corrected chi connectivity index (χ2v) is 17.6. The Bertz CT molecular complexity index is 2660. The monoisotopic (exact) mass is 898 g/mol. The van der Waals surface area contributed by atoms with Gasteiger partial charge in [0.05, 0.1) is 47.4 Å². The Labute approximate surface area is 388 Å². The minimum atomic E-state index is -2.55. The Morgan fingerprint density at radius 1 is 0.333 bits per heavy atom. The van der Waals surface area contributed by atoms with Gasteiger partial charge in [0.25, 0.3) is 0 Å². The zero-order valence-electron chi connectivity index (χ0n) is 37.6. The lowest BCUT2D eigenvalue weighted by Gasteiger charge is -2.12. The van der Waals surface area contributed by atoms with Gasteiger partial charge in [-0.1, -0.05) is 196 Å². The van der Waals surface area contributed by atoms with Crippen molar-refractivity contribution in [3.8, 4) is 56.4 Å². The highest BCUT2D eigenvalue weighted by atomic mass is 31.1. The van der Waals surface area contributed by atoms with Crippen LogP contribution in [-0.2, 0) is 26.7 Å². The van der Waals surface area contributed by atoms with Crippen LogP contribution in [0.15, 0.2) is 192 Å². The molecule has 2 aromatic heterocycles. The molecule has 0 N–H and O–H groups in total. The average Bonchev–Trinajstić information content (AvgIpc) is 3.84. The zero-order valence-corrected chi connectivity index (χ0v) is 38.6. The predicted molar refractivity (Wildman–Crippen MR) is 269 cm³/mol. The number of hydrogen-bond acceptors (Lipinski definition) is 5. The molecule has 9 nitrogen and oxygen atoms in total. The molecule has 0 atom stereocenters. The third-order valence-corrected chi connectivity index (χ3v) is 12.9. The van der Waals surface area contributed by atoms with Crippen LogP contribution in [0, 0.1) is 0 Å². The van der Waals surface area contributed by atoms with E-state index < -0.39 is 8.25 Å². The van der Waals surface area contributed by atoms with Gasteiger partial charge >= 0.3 is 19.6 Å². The van der Waals surface area contributed by atoms with Gasteiger partial charge in [0.1, 0.15) is 0 Å². The largest absolute Gasteiger partial charge is 0.333 e. The van der Waals surface area contributed by atoms with Gasteiger partial charge < -0.3 is 9.05 Å². The van der Waals surface area contributed by atoms with E-state index in [4.69, 9.17) is 9.05 Å². The van der Waals surface area contributed by atoms with Crippen LogP contribution in [-0.4, -0.2) is 31.5 Å². The third kappa shape index (κ3) is 11.3. The summed E-state index contributed by atoms with van der Waals surface area (Å²) in [5, 5.41) is 0. The summed E-state index contributed by atoms with van der Waals surface area (Å²) >= 11 is 0. The highest BCUT2D eigenvalue weighted by molar-refractivity contribution is 7.33. The summed E-state index contributed by atoms with van der Waals surface area (Å²) in [5.41, 5.74) is 9.23. The maximum Gasteiger partial charge on any atom is 0.333 e. The molecule has 0 radical (unpaired) electrons. The lowest BCUT2D eigenvalue weighted by Crippen LogP contribution is -2.24. The molecule has 2 heterocycles. The highest BCUT2D eigenvalue weighted by Crippen LogP contribution is 2.36. The second-order valence-electron chi connectivity index (χ2n) is 16.6. The van der Waals surface area contributed by atoms with Crippen LogP contribution in [0.3, 0.4) is 0 Å². The average molecular weight is 899 g/mol. The van der Waals surface area contributed by atoms with Crippen LogP contribution < -0.4 is 11.4 Å². The Balaban J connectivity index is 0.764. The molecular formula is C56H59N4O5P. The molecular weight excluding hydrogens is 840 g/mol. The van der Waals surface area contributed by atoms with Crippen molar-refractivity contribution in [3.05, 3.63) is 203 Å². The molecule has 8 aromatic rings. The molecule has 6 aromatic carbocycles. The number of aromatic nitrogens is 4. The van der Waals surface area contributed by atoms with E-state index in [1.54, 1.807) is 0 Å². The zero-order chi connectivity index (χ0) is 45.3. The van der Waals surface area contributed by atoms with Gasteiger partial charge in [0.15, 0.2) is 0 Å². The Hall–Kier alpha value is -6.51. The maximum absolute atomic E-state index is 14.2. The summed E-state index contributed by atoms with van der Waals surface area (Å²) in [5.74, 6) is 0. The van der Waals surface area contributed by atoms with Gasteiger partial charge in [-0.2, -0.15) is 0 Å². The Morgan fingerprint density at radius 2 is 0.606 bits per heavy atom. The highest BCUT2D eigenvalue weighted by Gasteiger charge is 2.25. The van der Waals surface area contributed by atoms with E-state index in [1.165, 1.54) is 0 Å². The first-order valence-corrected chi connectivity index (χ1v) is 24.7. The van der Waals surface area contributed by atoms with E-state index >= 15 is 0 Å². The van der Waals surface area contributed by atoms with Gasteiger partial charge in [0, 0.05) is 35.3 Å². The standard InChI is InChI=1S/C56H59N4O5P/c61-55-57(51(45-29-13-7-14-30-45)53(47-33-17-9-18-34-47)59(55)49-37-21-11-22-38-49)41-25-3-1-5-27-43-64-66(63)65-44-28-6-2-4-26-42-58-52(46-31-15-8-16-32-46)54(48-35-19-10-20-36-48)60(56(58)62)50-39-23-12-24-40-50/h7-24,29-40,66H,1-6,25-28,41-44H2. The number of imidazole rings is 2. The lowest BCUT2D eigenvalue weighted by atomic mass is 10.0. The third-order valence-electron chi connectivity index (χ3n) is 12.0. The first kappa shape index (κ1) is 46.0. The lowest BCUT2D eigenvalue weighted by molar-refractivity contribution is 0.218. The van der Waals surface area contributed by atoms with E-state index in [9.17, 15) is 14.2 Å². The number of benzene rings is 6. The van der Waals surface area contributed by atoms with E-state index in [0.29, 0.717) is 26.3 Å². The normalized spacial score (nSPS) is 11.4. The van der Waals surface area contributed by atoms with Gasteiger partial charge in [-0.05, 0) is 49.9 Å². The van der Waals surface area contributed by atoms with Crippen molar-refractivity contribution < 1.29 is 13.6 Å². The van der Waals surface area contributed by atoms with Gasteiger partial charge in [0.2, 0.25) is 0 Å². The van der Waals surface area contributed by atoms with Crippen molar-refractivity contribution in [2.75, 3.05) is 13.2 Å². The molecule has 0 fully saturated rings. The minimum absolute atomic E-state index is 0.0447. The van der Waals surface area contributed by atoms with E-state index in [-0.39, 0.29) is 11.4 Å². The SMILES string of the molecule is O=c1n(CCCCCCCO[PH](=O)OCCCCCCCn2c(-c3ccccc3)c(-c3ccccc3)n(-c3ccccc3)c2=O)c(-c2ccccc2)c(-c2ccccc2)n1-c1ccccc1. The number of nitrogens with zero attached hydrogens (tertiary/aromatic N) is 4. The molecule has 10 heteroatoms. The fourth-order valence-electron chi connectivity index (χ4n) is 8.80. The molecule has 0 aliphatic heterocycles. The molecule has 8 rings (SSSR count). The van der Waals surface area contributed by atoms with Crippen molar-refractivity contribution in [2.45, 2.75) is 77.3 Å². The van der Waals surface area contributed by atoms with E-state index in [0.717, 1.165) is 121 Å². The summed E-state index contributed by atoms with van der Waals surface area (Å²) in [6.07, 6.45) is 9.10. The molecule has 0 saturated heterocycles. The molecule has 0 spiro atoms. The molecule has 0 saturated carbocycles. The van der Waals surface area contributed by atoms with Crippen LogP contribution >= 0.6 is 8.25 Å². The van der Waals surface area contributed by atoms with E-state index in [1.807, 2.05) is 152 Å². The van der Waals surface area contributed by atoms with Crippen LogP contribution in [0.5, 0.6) is 0 Å². The van der Waals surface area contributed by atoms with Crippen molar-refractivity contribution in [3.63, 3.8) is 0 Å². The summed E-state index contributed by atoms with van der Waals surface area (Å²) < 4.78 is 31.2. The minimum Gasteiger partial charge on any atom is -0.311 e. The number of para-hydroxylation sites is 2. The van der Waals surface area contributed by atoms with Gasteiger partial charge in [-0.25, -0.2) is 9.59 Å². The first-order valence-electron chi connectivity index (χ1n) is 23.4. The van der Waals surface area contributed by atoms with Gasteiger partial charge in [-0.15, -0.1) is 0 Å². The van der Waals surface area contributed by atoms with Crippen LogP contribution in [0.4, 0.5) is 0 Å². The van der Waals surface area contributed by atoms with Crippen LogP contribution in [0.2, 0.25) is 0 Å². The predicted octanol–water partition coefficient (Wildman–Crippen LogP) is 13.3. The first-order chi connectivity index (χ1) is 32.6. The summed E-state index contributed by atoms with van der Waals surface area (Å²) in [4.78, 5) is 28.5. The fraction of sp³-hybridized carbons (Fsp3) is 0.250. The number of rotatable bonds is 24. The molecule has 0 bridgehead atoms. The molecule has 0 unspecified atom stereocenters. The Kier molecular flexibility index (Phi) is 16.5. The maximum atomic E-state index is 14.2. The van der Waals surface area contributed by atoms with Crippen molar-refractivity contribution in [1.29, 1.82) is 0 Å². The summed E-state index contributed by atoms with van der Waals surface area (Å²) in [7, 11) is -2.55.